The first-order valence-electron chi connectivity index (χ1n) is 7.34. The van der Waals surface area contributed by atoms with Gasteiger partial charge >= 0.3 is 0 Å². The van der Waals surface area contributed by atoms with E-state index >= 15 is 0 Å². The molecule has 2 amide bonds. The molecule has 1 aromatic rings. The van der Waals surface area contributed by atoms with Gasteiger partial charge < -0.3 is 15.5 Å². The lowest BCUT2D eigenvalue weighted by atomic mass is 10.1. The Morgan fingerprint density at radius 2 is 2.09 bits per heavy atom. The van der Waals surface area contributed by atoms with Gasteiger partial charge in [-0.25, -0.2) is 0 Å². The molecule has 0 aliphatic carbocycles. The van der Waals surface area contributed by atoms with Gasteiger partial charge in [0.05, 0.1) is 10.7 Å². The molecule has 2 heterocycles. The van der Waals surface area contributed by atoms with Gasteiger partial charge in [0.2, 0.25) is 11.8 Å². The normalized spacial score (nSPS) is 23.7. The van der Waals surface area contributed by atoms with Crippen molar-refractivity contribution in [3.05, 3.63) is 28.2 Å². The minimum Gasteiger partial charge on any atom is -0.351 e. The second-order valence-corrected chi connectivity index (χ2v) is 6.47. The van der Waals surface area contributed by atoms with Gasteiger partial charge in [-0.2, -0.15) is 0 Å². The smallest absolute Gasteiger partial charge is 0.239 e. The summed E-state index contributed by atoms with van der Waals surface area (Å²) < 4.78 is 0. The van der Waals surface area contributed by atoms with Crippen molar-refractivity contribution < 1.29 is 9.59 Å². The van der Waals surface area contributed by atoms with Crippen molar-refractivity contribution in [2.75, 3.05) is 24.5 Å². The number of anilines is 1. The summed E-state index contributed by atoms with van der Waals surface area (Å²) >= 11 is 12.1. The second kappa shape index (κ2) is 7.71. The Kier molecular flexibility index (Phi) is 6.14. The first-order valence-corrected chi connectivity index (χ1v) is 8.09. The van der Waals surface area contributed by atoms with Crippen LogP contribution in [0.25, 0.3) is 0 Å². The minimum atomic E-state index is -0.643. The molecule has 126 valence electrons. The topological polar surface area (TPSA) is 61.4 Å². The molecule has 0 radical (unpaired) electrons. The number of carbonyl (C=O) groups excluding carboxylic acids is 2. The predicted molar refractivity (Wildman–Crippen MR) is 93.6 cm³/mol. The zero-order valence-electron chi connectivity index (χ0n) is 12.4. The van der Waals surface area contributed by atoms with Gasteiger partial charge in [0.25, 0.3) is 0 Å². The summed E-state index contributed by atoms with van der Waals surface area (Å²) in [6.45, 7) is 2.13. The summed E-state index contributed by atoms with van der Waals surface area (Å²) in [5, 5.41) is 7.10. The number of hydrogen-bond acceptors (Lipinski definition) is 3. The highest BCUT2D eigenvalue weighted by molar-refractivity contribution is 6.36. The summed E-state index contributed by atoms with van der Waals surface area (Å²) in [7, 11) is 0. The van der Waals surface area contributed by atoms with Gasteiger partial charge in [0, 0.05) is 24.2 Å². The quantitative estimate of drug-likeness (QED) is 0.793. The van der Waals surface area contributed by atoms with Crippen molar-refractivity contribution in [3.8, 4) is 0 Å². The Morgan fingerprint density at radius 1 is 1.30 bits per heavy atom. The molecule has 0 spiro atoms. The van der Waals surface area contributed by atoms with E-state index in [1.807, 2.05) is 0 Å². The van der Waals surface area contributed by atoms with Crippen LogP contribution in [0.2, 0.25) is 10.0 Å². The fourth-order valence-electron chi connectivity index (χ4n) is 2.93. The predicted octanol–water partition coefficient (Wildman–Crippen LogP) is 2.25. The second-order valence-electron chi connectivity index (χ2n) is 5.63. The molecule has 2 aliphatic heterocycles. The standard InChI is InChI=1S/C15H17Cl2N3O2.ClH/c16-9-1-2-12(17)13(7-9)20-6-4-11(15(20)22)14(21)19-10-3-5-18-8-10;/h1-2,7,10-11,18H,3-6,8H2,(H,19,21);1H. The van der Waals surface area contributed by atoms with Gasteiger partial charge in [0.15, 0.2) is 0 Å². The van der Waals surface area contributed by atoms with Crippen LogP contribution < -0.4 is 15.5 Å². The van der Waals surface area contributed by atoms with E-state index in [-0.39, 0.29) is 30.3 Å². The molecular weight excluding hydrogens is 361 g/mol. The number of hydrogen-bond donors (Lipinski definition) is 2. The molecule has 8 heteroatoms. The Hall–Kier alpha value is -1.01. The Morgan fingerprint density at radius 3 is 2.78 bits per heavy atom. The van der Waals surface area contributed by atoms with Crippen LogP contribution in [0, 0.1) is 5.92 Å². The lowest BCUT2D eigenvalue weighted by Crippen LogP contribution is -2.42. The summed E-state index contributed by atoms with van der Waals surface area (Å²) in [4.78, 5) is 26.4. The Bertz CT molecular complexity index is 606. The molecule has 2 fully saturated rings. The lowest BCUT2D eigenvalue weighted by Gasteiger charge is -2.19. The van der Waals surface area contributed by atoms with Crippen LogP contribution in [0.3, 0.4) is 0 Å². The molecule has 3 rings (SSSR count). The van der Waals surface area contributed by atoms with Crippen LogP contribution >= 0.6 is 35.6 Å². The van der Waals surface area contributed by atoms with Gasteiger partial charge in [-0.15, -0.1) is 12.4 Å². The highest BCUT2D eigenvalue weighted by Crippen LogP contribution is 2.33. The molecule has 0 saturated carbocycles. The van der Waals surface area contributed by atoms with Crippen molar-refractivity contribution in [3.63, 3.8) is 0 Å². The van der Waals surface area contributed by atoms with Gasteiger partial charge in [0.1, 0.15) is 5.92 Å². The van der Waals surface area contributed by atoms with Crippen molar-refractivity contribution in [1.82, 2.24) is 10.6 Å². The molecule has 5 nitrogen and oxygen atoms in total. The van der Waals surface area contributed by atoms with E-state index in [9.17, 15) is 9.59 Å². The van der Waals surface area contributed by atoms with E-state index < -0.39 is 5.92 Å². The van der Waals surface area contributed by atoms with Crippen LogP contribution in [0.4, 0.5) is 5.69 Å². The Balaban J connectivity index is 0.00000192. The summed E-state index contributed by atoms with van der Waals surface area (Å²) in [6.07, 6.45) is 1.39. The Labute approximate surface area is 151 Å². The maximum Gasteiger partial charge on any atom is 0.239 e. The maximum absolute atomic E-state index is 12.5. The van der Waals surface area contributed by atoms with Gasteiger partial charge in [-0.1, -0.05) is 23.2 Å². The van der Waals surface area contributed by atoms with E-state index in [0.717, 1.165) is 19.5 Å². The fourth-order valence-corrected chi connectivity index (χ4v) is 3.32. The van der Waals surface area contributed by atoms with Gasteiger partial charge in [-0.3, -0.25) is 9.59 Å². The van der Waals surface area contributed by atoms with Crippen molar-refractivity contribution in [2.24, 2.45) is 5.92 Å². The zero-order valence-corrected chi connectivity index (χ0v) is 14.7. The zero-order chi connectivity index (χ0) is 15.7. The molecule has 0 bridgehead atoms. The van der Waals surface area contributed by atoms with Crippen LogP contribution in [0.5, 0.6) is 0 Å². The number of nitrogens with zero attached hydrogens (tertiary/aromatic N) is 1. The lowest BCUT2D eigenvalue weighted by molar-refractivity contribution is -0.132. The first kappa shape index (κ1) is 18.3. The van der Waals surface area contributed by atoms with Crippen molar-refractivity contribution in [1.29, 1.82) is 0 Å². The number of carbonyl (C=O) groups is 2. The van der Waals surface area contributed by atoms with Gasteiger partial charge in [-0.05, 0) is 37.6 Å². The number of halogens is 3. The van der Waals surface area contributed by atoms with E-state index in [4.69, 9.17) is 23.2 Å². The third-order valence-electron chi connectivity index (χ3n) is 4.13. The molecule has 2 aliphatic rings. The molecule has 2 unspecified atom stereocenters. The first-order chi connectivity index (χ1) is 10.6. The number of benzene rings is 1. The average Bonchev–Trinajstić information content (AvgIpc) is 3.11. The number of rotatable bonds is 3. The van der Waals surface area contributed by atoms with Crippen LogP contribution in [-0.2, 0) is 9.59 Å². The third kappa shape index (κ3) is 3.91. The molecule has 23 heavy (non-hydrogen) atoms. The van der Waals surface area contributed by atoms with Crippen LogP contribution in [0.1, 0.15) is 12.8 Å². The third-order valence-corrected chi connectivity index (χ3v) is 4.68. The molecule has 2 atom stereocenters. The molecule has 2 N–H and O–H groups in total. The summed E-state index contributed by atoms with van der Waals surface area (Å²) in [5.41, 5.74) is 0.567. The highest BCUT2D eigenvalue weighted by atomic mass is 35.5. The SMILES string of the molecule is Cl.O=C(NC1CCNC1)C1CCN(c2cc(Cl)ccc2Cl)C1=O. The van der Waals surface area contributed by atoms with Crippen molar-refractivity contribution >= 4 is 53.1 Å². The highest BCUT2D eigenvalue weighted by Gasteiger charge is 2.39. The van der Waals surface area contributed by atoms with E-state index in [1.54, 1.807) is 23.1 Å². The maximum atomic E-state index is 12.5. The molecule has 0 aromatic heterocycles. The number of amides is 2. The summed E-state index contributed by atoms with van der Waals surface area (Å²) in [6, 6.07) is 5.10. The molecule has 2 saturated heterocycles. The van der Waals surface area contributed by atoms with Crippen LogP contribution in [0.15, 0.2) is 18.2 Å². The monoisotopic (exact) mass is 377 g/mol. The van der Waals surface area contributed by atoms with Crippen LogP contribution in [-0.4, -0.2) is 37.5 Å². The van der Waals surface area contributed by atoms with E-state index in [1.165, 1.54) is 0 Å². The van der Waals surface area contributed by atoms with E-state index in [2.05, 4.69) is 10.6 Å². The molecule has 1 aromatic carbocycles. The van der Waals surface area contributed by atoms with Crippen molar-refractivity contribution in [2.45, 2.75) is 18.9 Å². The summed E-state index contributed by atoms with van der Waals surface area (Å²) in [5.74, 6) is -1.05. The number of nitrogens with one attached hydrogen (secondary N) is 2. The molecular formula is C15H18Cl3N3O2. The fraction of sp³-hybridized carbons (Fsp3) is 0.467. The van der Waals surface area contributed by atoms with E-state index in [0.29, 0.717) is 28.7 Å². The largest absolute Gasteiger partial charge is 0.351 e. The average molecular weight is 379 g/mol. The minimum absolute atomic E-state index is 0.